The highest BCUT2D eigenvalue weighted by Gasteiger charge is 2.16. The van der Waals surface area contributed by atoms with E-state index in [9.17, 15) is 4.79 Å². The smallest absolute Gasteiger partial charge is 0.253 e. The monoisotopic (exact) mass is 381 g/mol. The van der Waals surface area contributed by atoms with Crippen LogP contribution in [0.5, 0.6) is 0 Å². The lowest BCUT2D eigenvalue weighted by atomic mass is 10.1. The lowest BCUT2D eigenvalue weighted by molar-refractivity contribution is 0.0950. The van der Waals surface area contributed by atoms with Crippen molar-refractivity contribution in [2.45, 2.75) is 33.5 Å². The number of aryl methyl sites for hydroxylation is 1. The Hall–Kier alpha value is -2.56. The first-order chi connectivity index (χ1) is 13.0. The molecule has 0 fully saturated rings. The zero-order valence-electron chi connectivity index (χ0n) is 15.6. The number of carbonyl (C=O) groups is 1. The van der Waals surface area contributed by atoms with E-state index in [-0.39, 0.29) is 5.91 Å². The number of nitrogens with two attached hydrogens (primary N) is 1. The lowest BCUT2D eigenvalue weighted by Crippen LogP contribution is -2.23. The number of halogens is 1. The van der Waals surface area contributed by atoms with Gasteiger partial charge in [-0.2, -0.15) is 0 Å². The fourth-order valence-electron chi connectivity index (χ4n) is 3.17. The predicted octanol–water partition coefficient (Wildman–Crippen LogP) is 4.20. The predicted molar refractivity (Wildman–Crippen MR) is 110 cm³/mol. The van der Waals surface area contributed by atoms with Gasteiger partial charge in [0, 0.05) is 36.0 Å². The summed E-state index contributed by atoms with van der Waals surface area (Å²) in [7, 11) is 0. The summed E-state index contributed by atoms with van der Waals surface area (Å²) in [6.07, 6.45) is 0. The summed E-state index contributed by atoms with van der Waals surface area (Å²) in [5.41, 5.74) is 11.4. The molecule has 5 heteroatoms. The molecular formula is C22H24ClN3O. The number of nitrogens with one attached hydrogen (secondary N) is 1. The van der Waals surface area contributed by atoms with Crippen LogP contribution in [0.3, 0.4) is 0 Å². The van der Waals surface area contributed by atoms with Crippen molar-refractivity contribution in [1.82, 2.24) is 9.88 Å². The molecule has 3 N–H and O–H groups in total. The fourth-order valence-corrected chi connectivity index (χ4v) is 3.44. The van der Waals surface area contributed by atoms with Gasteiger partial charge in [-0.1, -0.05) is 54.1 Å². The van der Waals surface area contributed by atoms with Crippen LogP contribution in [0.15, 0.2) is 54.6 Å². The van der Waals surface area contributed by atoms with Crippen LogP contribution in [-0.2, 0) is 19.6 Å². The molecule has 0 aliphatic heterocycles. The van der Waals surface area contributed by atoms with Crippen molar-refractivity contribution in [3.63, 3.8) is 0 Å². The Balaban J connectivity index is 1.73. The molecule has 0 radical (unpaired) electrons. The quantitative estimate of drug-likeness (QED) is 0.672. The first-order valence-corrected chi connectivity index (χ1v) is 9.33. The zero-order chi connectivity index (χ0) is 19.4. The van der Waals surface area contributed by atoms with Crippen LogP contribution in [-0.4, -0.2) is 10.5 Å². The zero-order valence-corrected chi connectivity index (χ0v) is 16.4. The number of nitrogens with zero attached hydrogens (tertiary/aromatic N) is 1. The molecule has 0 saturated carbocycles. The Labute approximate surface area is 165 Å². The summed E-state index contributed by atoms with van der Waals surface area (Å²) in [6, 6.07) is 17.8. The van der Waals surface area contributed by atoms with Gasteiger partial charge < -0.3 is 15.6 Å². The van der Waals surface area contributed by atoms with Gasteiger partial charge in [-0.05, 0) is 42.7 Å². The SMILES string of the molecule is Cc1cc(C(=O)NCc2ccc(CN)cc2Cl)c(C)n1Cc1ccccc1. The first-order valence-electron chi connectivity index (χ1n) is 8.96. The van der Waals surface area contributed by atoms with E-state index in [2.05, 4.69) is 22.0 Å². The molecule has 1 amide bonds. The highest BCUT2D eigenvalue weighted by molar-refractivity contribution is 6.31. The third-order valence-electron chi connectivity index (χ3n) is 4.79. The molecular weight excluding hydrogens is 358 g/mol. The fraction of sp³-hybridized carbons (Fsp3) is 0.227. The molecule has 140 valence electrons. The van der Waals surface area contributed by atoms with Crippen LogP contribution >= 0.6 is 11.6 Å². The standard InChI is InChI=1S/C22H24ClN3O/c1-15-10-20(16(2)26(15)14-17-6-4-3-5-7-17)22(27)25-13-19-9-8-18(12-24)11-21(19)23/h3-11H,12-14,24H2,1-2H3,(H,25,27). The van der Waals surface area contributed by atoms with E-state index in [4.69, 9.17) is 17.3 Å². The van der Waals surface area contributed by atoms with Gasteiger partial charge in [0.05, 0.1) is 5.56 Å². The molecule has 1 heterocycles. The van der Waals surface area contributed by atoms with E-state index in [1.54, 1.807) is 0 Å². The molecule has 0 bridgehead atoms. The van der Waals surface area contributed by atoms with Crippen LogP contribution < -0.4 is 11.1 Å². The average Bonchev–Trinajstić information content (AvgIpc) is 2.96. The molecule has 3 aromatic rings. The number of benzene rings is 2. The van der Waals surface area contributed by atoms with Crippen molar-refractivity contribution >= 4 is 17.5 Å². The normalized spacial score (nSPS) is 10.8. The van der Waals surface area contributed by atoms with Crippen LogP contribution in [0.25, 0.3) is 0 Å². The van der Waals surface area contributed by atoms with Gasteiger partial charge in [0.15, 0.2) is 0 Å². The Morgan fingerprint density at radius 2 is 1.81 bits per heavy atom. The maximum Gasteiger partial charge on any atom is 0.253 e. The molecule has 0 spiro atoms. The summed E-state index contributed by atoms with van der Waals surface area (Å²) < 4.78 is 2.16. The molecule has 0 unspecified atom stereocenters. The Morgan fingerprint density at radius 3 is 2.48 bits per heavy atom. The third-order valence-corrected chi connectivity index (χ3v) is 5.15. The summed E-state index contributed by atoms with van der Waals surface area (Å²) in [5.74, 6) is -0.0959. The number of aromatic nitrogens is 1. The summed E-state index contributed by atoms with van der Waals surface area (Å²) in [6.45, 7) is 5.58. The number of hydrogen-bond donors (Lipinski definition) is 2. The third kappa shape index (κ3) is 4.41. The summed E-state index contributed by atoms with van der Waals surface area (Å²) in [4.78, 5) is 12.7. The summed E-state index contributed by atoms with van der Waals surface area (Å²) in [5, 5.41) is 3.59. The molecule has 0 aliphatic carbocycles. The minimum Gasteiger partial charge on any atom is -0.348 e. The van der Waals surface area contributed by atoms with E-state index in [1.165, 1.54) is 5.56 Å². The van der Waals surface area contributed by atoms with Crippen molar-refractivity contribution in [3.05, 3.63) is 93.3 Å². The van der Waals surface area contributed by atoms with E-state index in [1.807, 2.05) is 56.3 Å². The second-order valence-corrected chi connectivity index (χ2v) is 7.08. The van der Waals surface area contributed by atoms with Crippen molar-refractivity contribution in [3.8, 4) is 0 Å². The number of hydrogen-bond acceptors (Lipinski definition) is 2. The molecule has 27 heavy (non-hydrogen) atoms. The van der Waals surface area contributed by atoms with E-state index < -0.39 is 0 Å². The van der Waals surface area contributed by atoms with E-state index >= 15 is 0 Å². The van der Waals surface area contributed by atoms with Crippen molar-refractivity contribution in [1.29, 1.82) is 0 Å². The van der Waals surface area contributed by atoms with Gasteiger partial charge in [0.2, 0.25) is 0 Å². The molecule has 4 nitrogen and oxygen atoms in total. The molecule has 0 aliphatic rings. The number of carbonyl (C=O) groups excluding carboxylic acids is 1. The largest absolute Gasteiger partial charge is 0.348 e. The first kappa shape index (κ1) is 19.2. The van der Waals surface area contributed by atoms with E-state index in [0.717, 1.165) is 29.1 Å². The number of rotatable bonds is 6. The van der Waals surface area contributed by atoms with Gasteiger partial charge in [0.25, 0.3) is 5.91 Å². The van der Waals surface area contributed by atoms with Crippen LogP contribution in [0.1, 0.15) is 38.4 Å². The van der Waals surface area contributed by atoms with E-state index in [0.29, 0.717) is 23.7 Å². The van der Waals surface area contributed by atoms with Crippen molar-refractivity contribution < 1.29 is 4.79 Å². The minimum absolute atomic E-state index is 0.0959. The van der Waals surface area contributed by atoms with Crippen molar-refractivity contribution in [2.75, 3.05) is 0 Å². The van der Waals surface area contributed by atoms with Gasteiger partial charge in [-0.3, -0.25) is 4.79 Å². The molecule has 2 aromatic carbocycles. The summed E-state index contributed by atoms with van der Waals surface area (Å²) >= 11 is 6.28. The van der Waals surface area contributed by atoms with Gasteiger partial charge in [-0.15, -0.1) is 0 Å². The molecule has 1 aromatic heterocycles. The Morgan fingerprint density at radius 1 is 1.07 bits per heavy atom. The lowest BCUT2D eigenvalue weighted by Gasteiger charge is -2.11. The number of amides is 1. The molecule has 0 atom stereocenters. The Bertz CT molecular complexity index is 948. The minimum atomic E-state index is -0.0959. The van der Waals surface area contributed by atoms with Crippen molar-refractivity contribution in [2.24, 2.45) is 5.73 Å². The topological polar surface area (TPSA) is 60.1 Å². The van der Waals surface area contributed by atoms with Gasteiger partial charge in [0.1, 0.15) is 0 Å². The second-order valence-electron chi connectivity index (χ2n) is 6.67. The van der Waals surface area contributed by atoms with Gasteiger partial charge >= 0.3 is 0 Å². The maximum absolute atomic E-state index is 12.7. The van der Waals surface area contributed by atoms with Gasteiger partial charge in [-0.25, -0.2) is 0 Å². The second kappa shape index (κ2) is 8.42. The average molecular weight is 382 g/mol. The Kier molecular flexibility index (Phi) is 5.99. The maximum atomic E-state index is 12.7. The molecule has 3 rings (SSSR count). The highest BCUT2D eigenvalue weighted by atomic mass is 35.5. The molecule has 0 saturated heterocycles. The van der Waals surface area contributed by atoms with Crippen LogP contribution in [0.2, 0.25) is 5.02 Å². The highest BCUT2D eigenvalue weighted by Crippen LogP contribution is 2.20. The van der Waals surface area contributed by atoms with Crippen LogP contribution in [0, 0.1) is 13.8 Å². The van der Waals surface area contributed by atoms with Crippen LogP contribution in [0.4, 0.5) is 0 Å².